The number of anilines is 1. The van der Waals surface area contributed by atoms with E-state index in [-0.39, 0.29) is 36.0 Å². The topological polar surface area (TPSA) is 70.9 Å². The number of amides is 1. The highest BCUT2D eigenvalue weighted by atomic mass is 127. The molecule has 2 heterocycles. The van der Waals surface area contributed by atoms with Crippen LogP contribution in [0.25, 0.3) is 0 Å². The van der Waals surface area contributed by atoms with Crippen molar-refractivity contribution in [3.05, 3.63) is 53.9 Å². The normalized spacial score (nSPS) is 16.1. The summed E-state index contributed by atoms with van der Waals surface area (Å²) in [5.41, 5.74) is 3.04. The highest BCUT2D eigenvalue weighted by Crippen LogP contribution is 2.17. The van der Waals surface area contributed by atoms with Gasteiger partial charge in [-0.15, -0.1) is 24.0 Å². The monoisotopic (exact) mass is 525 g/mol. The highest BCUT2D eigenvalue weighted by molar-refractivity contribution is 14.0. The van der Waals surface area contributed by atoms with E-state index >= 15 is 0 Å². The standard InChI is InChI=1S/C22H31N5O2.HI/c1-4-23-22(27(3)16-19-10-6-12-26(19)2)24-15-17-8-5-9-18(14-17)25-21(28)20-11-7-13-29-20;/h5-6,8-10,12,14,20H,4,7,11,13,15-16H2,1-3H3,(H,23,24)(H,25,28);1H. The Morgan fingerprint density at radius 3 is 2.83 bits per heavy atom. The number of guanidine groups is 1. The van der Waals surface area contributed by atoms with E-state index in [9.17, 15) is 4.79 Å². The number of halogens is 1. The molecule has 0 bridgehead atoms. The van der Waals surface area contributed by atoms with E-state index in [1.54, 1.807) is 0 Å². The van der Waals surface area contributed by atoms with Crippen LogP contribution in [0.2, 0.25) is 0 Å². The fraction of sp³-hybridized carbons (Fsp3) is 0.455. The zero-order valence-electron chi connectivity index (χ0n) is 17.9. The van der Waals surface area contributed by atoms with Crippen LogP contribution in [-0.4, -0.2) is 47.6 Å². The van der Waals surface area contributed by atoms with Crippen LogP contribution in [-0.2, 0) is 29.7 Å². The van der Waals surface area contributed by atoms with E-state index in [2.05, 4.69) is 33.1 Å². The molecule has 30 heavy (non-hydrogen) atoms. The Bertz CT molecular complexity index is 846. The largest absolute Gasteiger partial charge is 0.368 e. The molecule has 1 fully saturated rings. The van der Waals surface area contributed by atoms with Crippen molar-refractivity contribution in [2.45, 2.75) is 39.0 Å². The van der Waals surface area contributed by atoms with Gasteiger partial charge in [-0.2, -0.15) is 0 Å². The Morgan fingerprint density at radius 1 is 1.33 bits per heavy atom. The summed E-state index contributed by atoms with van der Waals surface area (Å²) in [6, 6.07) is 12.0. The number of benzene rings is 1. The van der Waals surface area contributed by atoms with Gasteiger partial charge in [-0.25, -0.2) is 4.99 Å². The van der Waals surface area contributed by atoms with Gasteiger partial charge in [0.25, 0.3) is 5.91 Å². The van der Waals surface area contributed by atoms with Crippen molar-refractivity contribution in [2.75, 3.05) is 25.5 Å². The number of rotatable bonds is 7. The van der Waals surface area contributed by atoms with Crippen LogP contribution in [0.15, 0.2) is 47.6 Å². The number of ether oxygens (including phenoxy) is 1. The molecule has 1 atom stereocenters. The second-order valence-corrected chi connectivity index (χ2v) is 7.33. The van der Waals surface area contributed by atoms with Crippen LogP contribution < -0.4 is 10.6 Å². The lowest BCUT2D eigenvalue weighted by Gasteiger charge is -2.22. The number of nitrogens with zero attached hydrogens (tertiary/aromatic N) is 3. The zero-order valence-corrected chi connectivity index (χ0v) is 20.3. The summed E-state index contributed by atoms with van der Waals surface area (Å²) in [6.45, 7) is 4.83. The van der Waals surface area contributed by atoms with Crippen LogP contribution >= 0.6 is 24.0 Å². The van der Waals surface area contributed by atoms with Gasteiger partial charge in [0.2, 0.25) is 0 Å². The number of aromatic nitrogens is 1. The third-order valence-electron chi connectivity index (χ3n) is 4.97. The summed E-state index contributed by atoms with van der Waals surface area (Å²) in [5.74, 6) is 0.779. The lowest BCUT2D eigenvalue weighted by molar-refractivity contribution is -0.124. The van der Waals surface area contributed by atoms with E-state index in [4.69, 9.17) is 9.73 Å². The number of aliphatic imine (C=N–C) groups is 1. The van der Waals surface area contributed by atoms with Crippen LogP contribution in [0, 0.1) is 0 Å². The van der Waals surface area contributed by atoms with Gasteiger partial charge in [0, 0.05) is 44.8 Å². The molecule has 1 aliphatic heterocycles. The first kappa shape index (κ1) is 24.2. The first-order valence-electron chi connectivity index (χ1n) is 10.2. The SMILES string of the molecule is CCNC(=NCc1cccc(NC(=O)C2CCCO2)c1)N(C)Cc1cccn1C.I. The highest BCUT2D eigenvalue weighted by Gasteiger charge is 2.23. The second-order valence-electron chi connectivity index (χ2n) is 7.33. The van der Waals surface area contributed by atoms with Gasteiger partial charge in [-0.1, -0.05) is 12.1 Å². The molecule has 0 spiro atoms. The maximum absolute atomic E-state index is 12.3. The smallest absolute Gasteiger partial charge is 0.253 e. The molecule has 0 radical (unpaired) electrons. The van der Waals surface area contributed by atoms with E-state index < -0.39 is 0 Å². The summed E-state index contributed by atoms with van der Waals surface area (Å²) in [4.78, 5) is 19.2. The molecule has 7 nitrogen and oxygen atoms in total. The van der Waals surface area contributed by atoms with Gasteiger partial charge in [0.15, 0.2) is 5.96 Å². The molecule has 1 aliphatic rings. The maximum atomic E-state index is 12.3. The predicted molar refractivity (Wildman–Crippen MR) is 131 cm³/mol. The molecular formula is C22H32IN5O2. The fourth-order valence-electron chi connectivity index (χ4n) is 3.37. The quantitative estimate of drug-likeness (QED) is 0.331. The summed E-state index contributed by atoms with van der Waals surface area (Å²) in [7, 11) is 4.08. The average molecular weight is 525 g/mol. The van der Waals surface area contributed by atoms with Gasteiger partial charge in [-0.05, 0) is 49.6 Å². The number of hydrogen-bond acceptors (Lipinski definition) is 3. The van der Waals surface area contributed by atoms with Crippen molar-refractivity contribution in [3.63, 3.8) is 0 Å². The Labute approximate surface area is 195 Å². The minimum atomic E-state index is -0.330. The lowest BCUT2D eigenvalue weighted by atomic mass is 10.2. The van der Waals surface area contributed by atoms with Crippen LogP contribution in [0.4, 0.5) is 5.69 Å². The van der Waals surface area contributed by atoms with E-state index in [1.807, 2.05) is 50.6 Å². The Balaban J connectivity index is 0.00000320. The van der Waals surface area contributed by atoms with Gasteiger partial charge in [0.1, 0.15) is 6.10 Å². The summed E-state index contributed by atoms with van der Waals surface area (Å²) in [6.07, 6.45) is 3.44. The molecule has 8 heteroatoms. The molecule has 1 aromatic carbocycles. The number of aryl methyl sites for hydroxylation is 1. The molecule has 2 aromatic rings. The molecule has 0 aliphatic carbocycles. The van der Waals surface area contributed by atoms with Crippen molar-refractivity contribution >= 4 is 41.5 Å². The van der Waals surface area contributed by atoms with Crippen molar-refractivity contribution in [1.29, 1.82) is 0 Å². The number of nitrogens with one attached hydrogen (secondary N) is 2. The van der Waals surface area contributed by atoms with Crippen LogP contribution in [0.5, 0.6) is 0 Å². The second kappa shape index (κ2) is 11.9. The van der Waals surface area contributed by atoms with Crippen molar-refractivity contribution in [2.24, 2.45) is 12.0 Å². The van der Waals surface area contributed by atoms with Gasteiger partial charge in [-0.3, -0.25) is 4.79 Å². The van der Waals surface area contributed by atoms with E-state index in [1.165, 1.54) is 5.69 Å². The average Bonchev–Trinajstić information content (AvgIpc) is 3.38. The van der Waals surface area contributed by atoms with Crippen molar-refractivity contribution in [1.82, 2.24) is 14.8 Å². The van der Waals surface area contributed by atoms with Crippen LogP contribution in [0.3, 0.4) is 0 Å². The predicted octanol–water partition coefficient (Wildman–Crippen LogP) is 3.36. The third kappa shape index (κ3) is 6.73. The first-order valence-corrected chi connectivity index (χ1v) is 10.2. The van der Waals surface area contributed by atoms with Gasteiger partial charge >= 0.3 is 0 Å². The van der Waals surface area contributed by atoms with Crippen LogP contribution in [0.1, 0.15) is 31.0 Å². The number of carbonyl (C=O) groups is 1. The Hall–Kier alpha value is -2.07. The molecule has 3 rings (SSSR count). The van der Waals surface area contributed by atoms with Gasteiger partial charge in [0.05, 0.1) is 13.1 Å². The molecule has 164 valence electrons. The van der Waals surface area contributed by atoms with E-state index in [0.717, 1.165) is 43.1 Å². The molecular weight excluding hydrogens is 493 g/mol. The molecule has 1 saturated heterocycles. The number of carbonyl (C=O) groups excluding carboxylic acids is 1. The molecule has 0 saturated carbocycles. The molecule has 2 N–H and O–H groups in total. The zero-order chi connectivity index (χ0) is 20.6. The van der Waals surface area contributed by atoms with E-state index in [0.29, 0.717) is 13.2 Å². The third-order valence-corrected chi connectivity index (χ3v) is 4.97. The lowest BCUT2D eigenvalue weighted by Crippen LogP contribution is -2.38. The number of hydrogen-bond donors (Lipinski definition) is 2. The minimum absolute atomic E-state index is 0. The summed E-state index contributed by atoms with van der Waals surface area (Å²) >= 11 is 0. The molecule has 1 amide bonds. The summed E-state index contributed by atoms with van der Waals surface area (Å²) in [5, 5.41) is 6.30. The molecule has 1 unspecified atom stereocenters. The van der Waals surface area contributed by atoms with Crippen molar-refractivity contribution < 1.29 is 9.53 Å². The molecule has 1 aromatic heterocycles. The van der Waals surface area contributed by atoms with Gasteiger partial charge < -0.3 is 24.8 Å². The maximum Gasteiger partial charge on any atom is 0.253 e. The Kier molecular flexibility index (Phi) is 9.64. The summed E-state index contributed by atoms with van der Waals surface area (Å²) < 4.78 is 7.56. The Morgan fingerprint density at radius 2 is 2.17 bits per heavy atom. The first-order chi connectivity index (χ1) is 14.1. The van der Waals surface area contributed by atoms with Crippen molar-refractivity contribution in [3.8, 4) is 0 Å². The fourth-order valence-corrected chi connectivity index (χ4v) is 3.37. The minimum Gasteiger partial charge on any atom is -0.368 e.